The van der Waals surface area contributed by atoms with Crippen molar-refractivity contribution in [2.24, 2.45) is 0 Å². The lowest BCUT2D eigenvalue weighted by Gasteiger charge is -2.12. The third-order valence-corrected chi connectivity index (χ3v) is 5.62. The first-order valence-electron chi connectivity index (χ1n) is 8.35. The molecular weight excluding hydrogens is 386 g/mol. The van der Waals surface area contributed by atoms with E-state index in [9.17, 15) is 4.79 Å². The van der Waals surface area contributed by atoms with Crippen LogP contribution in [0, 0.1) is 0 Å². The molecule has 1 aliphatic heterocycles. The summed E-state index contributed by atoms with van der Waals surface area (Å²) in [6.45, 7) is 0.439. The Morgan fingerprint density at radius 2 is 2.04 bits per heavy atom. The van der Waals surface area contributed by atoms with Gasteiger partial charge < -0.3 is 9.47 Å². The predicted molar refractivity (Wildman–Crippen MR) is 104 cm³/mol. The second-order valence-corrected chi connectivity index (χ2v) is 7.52. The fourth-order valence-corrected chi connectivity index (χ4v) is 3.97. The minimum Gasteiger partial charge on any atom is -0.497 e. The monoisotopic (exact) mass is 401 g/mol. The van der Waals surface area contributed by atoms with Crippen LogP contribution in [0.25, 0.3) is 17.1 Å². The maximum Gasteiger partial charge on any atom is 0.319 e. The van der Waals surface area contributed by atoms with Gasteiger partial charge in [0, 0.05) is 22.7 Å². The molecule has 1 saturated heterocycles. The molecule has 6 nitrogen and oxygen atoms in total. The molecule has 8 heteroatoms. The second-order valence-electron chi connectivity index (χ2n) is 5.91. The number of cyclic esters (lactones) is 1. The zero-order valence-corrected chi connectivity index (χ0v) is 16.0. The Balaban J connectivity index is 1.81. The highest BCUT2D eigenvalue weighted by Gasteiger charge is 2.30. The topological polar surface area (TPSA) is 66.2 Å². The largest absolute Gasteiger partial charge is 0.497 e. The Morgan fingerprint density at radius 1 is 1.22 bits per heavy atom. The summed E-state index contributed by atoms with van der Waals surface area (Å²) in [6, 6.07) is 15.0. The van der Waals surface area contributed by atoms with Crippen LogP contribution in [0.5, 0.6) is 5.75 Å². The van der Waals surface area contributed by atoms with Crippen molar-refractivity contribution < 1.29 is 14.3 Å². The standard InChI is InChI=1S/C19H16ClN3O3S/c1-25-15-4-2-3-12(11-15)17-21-22-19(27-16-9-10-26-18(16)24)23(17)14-7-5-13(20)6-8-14/h2-8,11,16H,9-10H2,1H3. The van der Waals surface area contributed by atoms with Gasteiger partial charge in [-0.25, -0.2) is 0 Å². The molecule has 27 heavy (non-hydrogen) atoms. The minimum atomic E-state index is -0.279. The number of hydrogen-bond donors (Lipinski definition) is 0. The third kappa shape index (κ3) is 3.65. The summed E-state index contributed by atoms with van der Waals surface area (Å²) in [6.07, 6.45) is 0.658. The van der Waals surface area contributed by atoms with Gasteiger partial charge >= 0.3 is 5.97 Å². The normalized spacial score (nSPS) is 16.4. The molecule has 138 valence electrons. The van der Waals surface area contributed by atoms with Gasteiger partial charge in [0.25, 0.3) is 0 Å². The molecule has 0 saturated carbocycles. The number of carbonyl (C=O) groups excluding carboxylic acids is 1. The van der Waals surface area contributed by atoms with Crippen LogP contribution >= 0.6 is 23.4 Å². The Kier molecular flexibility index (Phi) is 5.05. The Labute approximate surface area is 165 Å². The van der Waals surface area contributed by atoms with Gasteiger partial charge in [0.15, 0.2) is 11.0 Å². The highest BCUT2D eigenvalue weighted by molar-refractivity contribution is 8.00. The van der Waals surface area contributed by atoms with E-state index in [2.05, 4.69) is 10.2 Å². The quantitative estimate of drug-likeness (QED) is 0.602. The fraction of sp³-hybridized carbons (Fsp3) is 0.211. The van der Waals surface area contributed by atoms with Gasteiger partial charge in [-0.1, -0.05) is 35.5 Å². The summed E-state index contributed by atoms with van der Waals surface area (Å²) in [5.74, 6) is 1.17. The maximum absolute atomic E-state index is 11.9. The summed E-state index contributed by atoms with van der Waals surface area (Å²) in [7, 11) is 1.62. The summed E-state index contributed by atoms with van der Waals surface area (Å²) >= 11 is 7.40. The number of rotatable bonds is 5. The Hall–Kier alpha value is -2.51. The van der Waals surface area contributed by atoms with Crippen molar-refractivity contribution in [1.82, 2.24) is 14.8 Å². The zero-order chi connectivity index (χ0) is 18.8. The number of esters is 1. The van der Waals surface area contributed by atoms with E-state index in [0.717, 1.165) is 17.0 Å². The van der Waals surface area contributed by atoms with Crippen LogP contribution in [0.2, 0.25) is 5.02 Å². The summed E-state index contributed by atoms with van der Waals surface area (Å²) < 4.78 is 12.3. The van der Waals surface area contributed by atoms with Gasteiger partial charge in [0.05, 0.1) is 13.7 Å². The van der Waals surface area contributed by atoms with E-state index in [1.165, 1.54) is 11.8 Å². The molecule has 0 spiro atoms. The van der Waals surface area contributed by atoms with Gasteiger partial charge in [-0.05, 0) is 36.4 Å². The molecule has 0 N–H and O–H groups in total. The van der Waals surface area contributed by atoms with E-state index in [0.29, 0.717) is 29.0 Å². The van der Waals surface area contributed by atoms with Crippen LogP contribution < -0.4 is 4.74 Å². The van der Waals surface area contributed by atoms with Gasteiger partial charge in [-0.3, -0.25) is 9.36 Å². The first-order chi connectivity index (χ1) is 13.2. The van der Waals surface area contributed by atoms with Crippen LogP contribution in [-0.2, 0) is 9.53 Å². The lowest BCUT2D eigenvalue weighted by molar-refractivity contribution is -0.137. The second kappa shape index (κ2) is 7.62. The van der Waals surface area contributed by atoms with E-state index in [4.69, 9.17) is 21.1 Å². The zero-order valence-electron chi connectivity index (χ0n) is 14.5. The molecule has 1 aromatic heterocycles. The Bertz CT molecular complexity index is 975. The van der Waals surface area contributed by atoms with Gasteiger partial charge in [0.1, 0.15) is 11.0 Å². The first kappa shape index (κ1) is 17.9. The number of thioether (sulfide) groups is 1. The Morgan fingerprint density at radius 3 is 2.74 bits per heavy atom. The predicted octanol–water partition coefficient (Wildman–Crippen LogP) is 4.00. The van der Waals surface area contributed by atoms with E-state index < -0.39 is 0 Å². The molecule has 2 aromatic carbocycles. The first-order valence-corrected chi connectivity index (χ1v) is 9.60. The third-order valence-electron chi connectivity index (χ3n) is 4.18. The number of halogens is 1. The molecule has 0 radical (unpaired) electrons. The highest BCUT2D eigenvalue weighted by Crippen LogP contribution is 2.34. The van der Waals surface area contributed by atoms with Crippen LogP contribution in [0.3, 0.4) is 0 Å². The molecule has 2 heterocycles. The van der Waals surface area contributed by atoms with Crippen LogP contribution in [-0.4, -0.2) is 39.7 Å². The van der Waals surface area contributed by atoms with Crippen molar-refractivity contribution in [2.45, 2.75) is 16.8 Å². The average molecular weight is 402 g/mol. The molecule has 0 bridgehead atoms. The molecule has 3 aromatic rings. The average Bonchev–Trinajstić information content (AvgIpc) is 3.29. The van der Waals surface area contributed by atoms with Gasteiger partial charge in [-0.15, -0.1) is 10.2 Å². The molecule has 1 atom stereocenters. The van der Waals surface area contributed by atoms with Crippen LogP contribution in [0.4, 0.5) is 0 Å². The number of nitrogens with zero attached hydrogens (tertiary/aromatic N) is 3. The molecule has 1 unspecified atom stereocenters. The molecular formula is C19H16ClN3O3S. The fourth-order valence-electron chi connectivity index (χ4n) is 2.83. The number of aromatic nitrogens is 3. The summed E-state index contributed by atoms with van der Waals surface area (Å²) in [5.41, 5.74) is 1.72. The van der Waals surface area contributed by atoms with Crippen LogP contribution in [0.15, 0.2) is 53.7 Å². The summed E-state index contributed by atoms with van der Waals surface area (Å²) in [4.78, 5) is 11.9. The lowest BCUT2D eigenvalue weighted by atomic mass is 10.2. The number of benzene rings is 2. The van der Waals surface area contributed by atoms with Crippen molar-refractivity contribution in [1.29, 1.82) is 0 Å². The van der Waals surface area contributed by atoms with E-state index in [1.807, 2.05) is 53.1 Å². The van der Waals surface area contributed by atoms with E-state index in [1.54, 1.807) is 7.11 Å². The molecule has 0 amide bonds. The smallest absolute Gasteiger partial charge is 0.319 e. The van der Waals surface area contributed by atoms with E-state index >= 15 is 0 Å². The van der Waals surface area contributed by atoms with E-state index in [-0.39, 0.29) is 11.2 Å². The lowest BCUT2D eigenvalue weighted by Crippen LogP contribution is -2.11. The van der Waals surface area contributed by atoms with Gasteiger partial charge in [-0.2, -0.15) is 0 Å². The maximum atomic E-state index is 11.9. The van der Waals surface area contributed by atoms with Crippen molar-refractivity contribution in [3.8, 4) is 22.8 Å². The molecule has 4 rings (SSSR count). The molecule has 0 aliphatic carbocycles. The number of ether oxygens (including phenoxy) is 2. The minimum absolute atomic E-state index is 0.214. The SMILES string of the molecule is COc1cccc(-c2nnc(SC3CCOC3=O)n2-c2ccc(Cl)cc2)c1. The van der Waals surface area contributed by atoms with Crippen molar-refractivity contribution in [3.63, 3.8) is 0 Å². The van der Waals surface area contributed by atoms with Crippen LogP contribution in [0.1, 0.15) is 6.42 Å². The van der Waals surface area contributed by atoms with Crippen molar-refractivity contribution >= 4 is 29.3 Å². The van der Waals surface area contributed by atoms with Gasteiger partial charge in [0.2, 0.25) is 0 Å². The highest BCUT2D eigenvalue weighted by atomic mass is 35.5. The summed E-state index contributed by atoms with van der Waals surface area (Å²) in [5, 5.41) is 9.71. The van der Waals surface area contributed by atoms with Crippen molar-refractivity contribution in [2.75, 3.05) is 13.7 Å². The number of hydrogen-bond acceptors (Lipinski definition) is 6. The van der Waals surface area contributed by atoms with Crippen molar-refractivity contribution in [3.05, 3.63) is 53.6 Å². The number of methoxy groups -OCH3 is 1. The number of carbonyl (C=O) groups is 1. The molecule has 1 fully saturated rings. The molecule has 1 aliphatic rings.